The molecule has 1 aliphatic heterocycles. The van der Waals surface area contributed by atoms with Gasteiger partial charge < -0.3 is 14.4 Å². The van der Waals surface area contributed by atoms with Crippen molar-refractivity contribution in [2.45, 2.75) is 38.6 Å². The van der Waals surface area contributed by atoms with Gasteiger partial charge in [0.2, 0.25) is 0 Å². The fourth-order valence-electron chi connectivity index (χ4n) is 3.58. The van der Waals surface area contributed by atoms with Gasteiger partial charge in [-0.1, -0.05) is 18.0 Å². The molecule has 1 saturated carbocycles. The minimum Gasteiger partial charge on any atom is -0.360 e. The highest BCUT2D eigenvalue weighted by Gasteiger charge is 2.30. The largest absolute Gasteiger partial charge is 0.360 e. The molecule has 3 aromatic rings. The summed E-state index contributed by atoms with van der Waals surface area (Å²) in [5, 5.41) is 5.08. The maximum atomic E-state index is 12.6. The maximum Gasteiger partial charge on any atom is 0.185 e. The molecule has 5 rings (SSSR count). The van der Waals surface area contributed by atoms with E-state index in [0.29, 0.717) is 18.7 Å². The van der Waals surface area contributed by atoms with E-state index in [1.54, 1.807) is 6.33 Å². The van der Waals surface area contributed by atoms with Crippen LogP contribution in [0.5, 0.6) is 0 Å². The number of carbonyl (C=O) groups excluding carboxylic acids is 1. The zero-order valence-electron chi connectivity index (χ0n) is 13.9. The smallest absolute Gasteiger partial charge is 0.185 e. The van der Waals surface area contributed by atoms with E-state index < -0.39 is 0 Å². The van der Waals surface area contributed by atoms with Crippen LogP contribution < -0.4 is 4.90 Å². The van der Waals surface area contributed by atoms with Crippen LogP contribution in [0.25, 0.3) is 11.0 Å². The van der Waals surface area contributed by atoms with E-state index in [0.717, 1.165) is 53.5 Å². The number of nitrogens with zero attached hydrogens (tertiary/aromatic N) is 4. The van der Waals surface area contributed by atoms with Gasteiger partial charge in [0.1, 0.15) is 23.6 Å². The Hall–Kier alpha value is -2.70. The Morgan fingerprint density at radius 2 is 2.28 bits per heavy atom. The van der Waals surface area contributed by atoms with Crippen molar-refractivity contribution in [2.75, 3.05) is 11.4 Å². The number of H-pyrrole nitrogens is 1. The molecule has 0 saturated heterocycles. The normalized spacial score (nSPS) is 17.0. The van der Waals surface area contributed by atoms with Gasteiger partial charge in [-0.05, 0) is 18.4 Å². The van der Waals surface area contributed by atoms with Crippen LogP contribution in [0.4, 0.5) is 5.82 Å². The summed E-state index contributed by atoms with van der Waals surface area (Å²) >= 11 is 0. The van der Waals surface area contributed by atoms with Crippen molar-refractivity contribution < 1.29 is 9.32 Å². The minimum absolute atomic E-state index is 0.105. The topological polar surface area (TPSA) is 87.9 Å². The number of ketones is 1. The highest BCUT2D eigenvalue weighted by atomic mass is 16.5. The molecule has 7 nitrogen and oxygen atoms in total. The van der Waals surface area contributed by atoms with Crippen LogP contribution in [-0.4, -0.2) is 32.4 Å². The first-order valence-electron chi connectivity index (χ1n) is 8.83. The van der Waals surface area contributed by atoms with Crippen LogP contribution in [-0.2, 0) is 13.0 Å². The van der Waals surface area contributed by atoms with E-state index in [9.17, 15) is 4.79 Å². The highest BCUT2D eigenvalue weighted by Crippen LogP contribution is 2.35. The average molecular weight is 337 g/mol. The molecule has 1 N–H and O–H groups in total. The minimum atomic E-state index is 0.105. The molecule has 1 fully saturated rings. The molecule has 0 radical (unpaired) electrons. The quantitative estimate of drug-likeness (QED) is 0.720. The molecule has 3 aromatic heterocycles. The van der Waals surface area contributed by atoms with Crippen molar-refractivity contribution in [3.63, 3.8) is 0 Å². The molecule has 0 aromatic carbocycles. The third-order valence-electron chi connectivity index (χ3n) is 5.20. The summed E-state index contributed by atoms with van der Waals surface area (Å²) in [5.74, 6) is 2.57. The first-order chi connectivity index (χ1) is 12.3. The predicted molar refractivity (Wildman–Crippen MR) is 91.4 cm³/mol. The van der Waals surface area contributed by atoms with Crippen LogP contribution in [0.3, 0.4) is 0 Å². The van der Waals surface area contributed by atoms with Crippen LogP contribution in [0, 0.1) is 5.92 Å². The molecule has 25 heavy (non-hydrogen) atoms. The third kappa shape index (κ3) is 2.59. The van der Waals surface area contributed by atoms with Gasteiger partial charge in [-0.2, -0.15) is 0 Å². The van der Waals surface area contributed by atoms with Gasteiger partial charge >= 0.3 is 0 Å². The van der Waals surface area contributed by atoms with Crippen molar-refractivity contribution in [1.82, 2.24) is 20.1 Å². The lowest BCUT2D eigenvalue weighted by molar-refractivity contribution is 0.0968. The van der Waals surface area contributed by atoms with E-state index in [-0.39, 0.29) is 5.78 Å². The van der Waals surface area contributed by atoms with E-state index in [1.807, 2.05) is 12.3 Å². The third-order valence-corrected chi connectivity index (χ3v) is 5.20. The SMILES string of the molecule is O=C(CCC1CC1)c1noc2c1CN(c1ncnc3[nH]ccc13)CC2. The predicted octanol–water partition coefficient (Wildman–Crippen LogP) is 2.88. The number of hydrogen-bond acceptors (Lipinski definition) is 6. The second kappa shape index (κ2) is 5.68. The molecule has 4 heterocycles. The Bertz CT molecular complexity index is 940. The molecule has 0 amide bonds. The van der Waals surface area contributed by atoms with Gasteiger partial charge in [0, 0.05) is 31.1 Å². The number of Topliss-reactive ketones (excluding diaryl/α,β-unsaturated/α-hetero) is 1. The van der Waals surface area contributed by atoms with Gasteiger partial charge in [-0.25, -0.2) is 9.97 Å². The van der Waals surface area contributed by atoms with E-state index >= 15 is 0 Å². The van der Waals surface area contributed by atoms with Crippen LogP contribution >= 0.6 is 0 Å². The fraction of sp³-hybridized carbons (Fsp3) is 0.444. The molecule has 1 aliphatic carbocycles. The highest BCUT2D eigenvalue weighted by molar-refractivity contribution is 5.96. The molecule has 0 bridgehead atoms. The first kappa shape index (κ1) is 14.6. The van der Waals surface area contributed by atoms with Crippen molar-refractivity contribution in [3.8, 4) is 0 Å². The van der Waals surface area contributed by atoms with Gasteiger partial charge in [0.15, 0.2) is 11.5 Å². The summed E-state index contributed by atoms with van der Waals surface area (Å²) < 4.78 is 5.45. The van der Waals surface area contributed by atoms with E-state index in [2.05, 4.69) is 25.0 Å². The molecule has 0 unspecified atom stereocenters. The maximum absolute atomic E-state index is 12.6. The van der Waals surface area contributed by atoms with Crippen LogP contribution in [0.15, 0.2) is 23.1 Å². The van der Waals surface area contributed by atoms with Gasteiger partial charge in [-0.15, -0.1) is 0 Å². The summed E-state index contributed by atoms with van der Waals surface area (Å²) in [7, 11) is 0. The van der Waals surface area contributed by atoms with Crippen molar-refractivity contribution in [3.05, 3.63) is 35.6 Å². The van der Waals surface area contributed by atoms with Gasteiger partial charge in [0.05, 0.1) is 11.9 Å². The average Bonchev–Trinajstić information content (AvgIpc) is 3.17. The van der Waals surface area contributed by atoms with Crippen molar-refractivity contribution in [2.24, 2.45) is 5.92 Å². The Labute approximate surface area is 144 Å². The summed E-state index contributed by atoms with van der Waals surface area (Å²) in [4.78, 5) is 26.5. The number of nitrogens with one attached hydrogen (secondary N) is 1. The van der Waals surface area contributed by atoms with Gasteiger partial charge in [-0.3, -0.25) is 4.79 Å². The number of hydrogen-bond donors (Lipinski definition) is 1. The fourth-order valence-corrected chi connectivity index (χ4v) is 3.58. The number of carbonyl (C=O) groups is 1. The summed E-state index contributed by atoms with van der Waals surface area (Å²) in [6.07, 6.45) is 8.23. The van der Waals surface area contributed by atoms with Crippen LogP contribution in [0.2, 0.25) is 0 Å². The Morgan fingerprint density at radius 1 is 1.36 bits per heavy atom. The molecule has 2 aliphatic rings. The summed E-state index contributed by atoms with van der Waals surface area (Å²) in [6, 6.07) is 1.98. The second-order valence-corrected chi connectivity index (χ2v) is 6.95. The monoisotopic (exact) mass is 337 g/mol. The first-order valence-corrected chi connectivity index (χ1v) is 8.83. The lowest BCUT2D eigenvalue weighted by Crippen LogP contribution is -2.31. The molecule has 128 valence electrons. The van der Waals surface area contributed by atoms with E-state index in [1.165, 1.54) is 12.8 Å². The Balaban J connectivity index is 1.42. The number of rotatable bonds is 5. The van der Waals surface area contributed by atoms with Crippen molar-refractivity contribution in [1.29, 1.82) is 0 Å². The Morgan fingerprint density at radius 3 is 3.16 bits per heavy atom. The van der Waals surface area contributed by atoms with Gasteiger partial charge in [0.25, 0.3) is 0 Å². The molecule has 0 atom stereocenters. The molecular formula is C18H19N5O2. The summed E-state index contributed by atoms with van der Waals surface area (Å²) in [5.41, 5.74) is 2.26. The zero-order chi connectivity index (χ0) is 16.8. The number of aromatic nitrogens is 4. The lowest BCUT2D eigenvalue weighted by Gasteiger charge is -2.27. The van der Waals surface area contributed by atoms with Crippen LogP contribution in [0.1, 0.15) is 47.5 Å². The lowest BCUT2D eigenvalue weighted by atomic mass is 10.0. The Kier molecular flexibility index (Phi) is 3.33. The number of fused-ring (bicyclic) bond motifs is 2. The standard InChI is InChI=1S/C18H19N5O2/c24-14(4-3-11-1-2-11)16-13-9-23(8-6-15(13)25-22-16)18-12-5-7-19-17(12)20-10-21-18/h5,7,10-11H,1-4,6,8-9H2,(H,19,20,21). The summed E-state index contributed by atoms with van der Waals surface area (Å²) in [6.45, 7) is 1.38. The number of aromatic amines is 1. The molecule has 7 heteroatoms. The zero-order valence-corrected chi connectivity index (χ0v) is 13.9. The second-order valence-electron chi connectivity index (χ2n) is 6.95. The molecule has 0 spiro atoms. The number of anilines is 1. The molecular weight excluding hydrogens is 318 g/mol. The van der Waals surface area contributed by atoms with E-state index in [4.69, 9.17) is 4.52 Å². The van der Waals surface area contributed by atoms with Crippen molar-refractivity contribution >= 4 is 22.6 Å².